The number of carbonyl (C=O) groups is 1. The second-order valence-electron chi connectivity index (χ2n) is 6.06. The molecule has 2 rings (SSSR count). The first-order valence-corrected chi connectivity index (χ1v) is 8.23. The lowest BCUT2D eigenvalue weighted by atomic mass is 9.94. The highest BCUT2D eigenvalue weighted by Gasteiger charge is 2.20. The first-order valence-electron chi connectivity index (χ1n) is 8.23. The van der Waals surface area contributed by atoms with Crippen LogP contribution in [-0.2, 0) is 4.79 Å². The molecule has 3 heteroatoms. The van der Waals surface area contributed by atoms with E-state index in [0.29, 0.717) is 5.92 Å². The standard InChI is InChI=1S/C18H28N2O/c1-3-8-18(17-9-5-4-6-10-17)15-19-11-7-12-20(14-13-19)16(2)21/h4-6,9-10,18H,3,7-8,11-15H2,1-2H3/t18-/m1/s1. The van der Waals surface area contributed by atoms with Crippen LogP contribution in [-0.4, -0.2) is 48.4 Å². The summed E-state index contributed by atoms with van der Waals surface area (Å²) < 4.78 is 0. The highest BCUT2D eigenvalue weighted by Crippen LogP contribution is 2.23. The zero-order chi connectivity index (χ0) is 15.1. The van der Waals surface area contributed by atoms with Crippen molar-refractivity contribution in [2.24, 2.45) is 0 Å². The van der Waals surface area contributed by atoms with E-state index in [1.807, 2.05) is 4.90 Å². The zero-order valence-electron chi connectivity index (χ0n) is 13.4. The quantitative estimate of drug-likeness (QED) is 0.831. The van der Waals surface area contributed by atoms with Gasteiger partial charge in [0.2, 0.25) is 5.91 Å². The smallest absolute Gasteiger partial charge is 0.219 e. The summed E-state index contributed by atoms with van der Waals surface area (Å²) in [5.74, 6) is 0.824. The molecule has 0 radical (unpaired) electrons. The van der Waals surface area contributed by atoms with E-state index >= 15 is 0 Å². The fourth-order valence-electron chi connectivity index (χ4n) is 3.22. The highest BCUT2D eigenvalue weighted by molar-refractivity contribution is 5.73. The number of nitrogens with zero attached hydrogens (tertiary/aromatic N) is 2. The maximum Gasteiger partial charge on any atom is 0.219 e. The predicted octanol–water partition coefficient (Wildman–Crippen LogP) is 3.12. The van der Waals surface area contributed by atoms with E-state index in [1.165, 1.54) is 18.4 Å². The lowest BCUT2D eigenvalue weighted by molar-refractivity contribution is -0.128. The van der Waals surface area contributed by atoms with Gasteiger partial charge in [-0.3, -0.25) is 4.79 Å². The Bertz CT molecular complexity index is 432. The second kappa shape index (κ2) is 8.18. The lowest BCUT2D eigenvalue weighted by Gasteiger charge is -2.26. The van der Waals surface area contributed by atoms with Gasteiger partial charge in [0.1, 0.15) is 0 Å². The van der Waals surface area contributed by atoms with Gasteiger partial charge in [-0.25, -0.2) is 0 Å². The van der Waals surface area contributed by atoms with Crippen LogP contribution in [0.3, 0.4) is 0 Å². The van der Waals surface area contributed by atoms with Crippen molar-refractivity contribution in [2.45, 2.75) is 39.0 Å². The van der Waals surface area contributed by atoms with E-state index in [-0.39, 0.29) is 5.91 Å². The Hall–Kier alpha value is -1.35. The average Bonchev–Trinajstić information content (AvgIpc) is 2.73. The Kier molecular flexibility index (Phi) is 6.24. The number of rotatable bonds is 5. The first kappa shape index (κ1) is 16.0. The topological polar surface area (TPSA) is 23.6 Å². The van der Waals surface area contributed by atoms with Crippen LogP contribution >= 0.6 is 0 Å². The summed E-state index contributed by atoms with van der Waals surface area (Å²) in [6.45, 7) is 8.96. The van der Waals surface area contributed by atoms with Crippen LogP contribution in [0.1, 0.15) is 44.6 Å². The van der Waals surface area contributed by atoms with Gasteiger partial charge in [-0.15, -0.1) is 0 Å². The minimum Gasteiger partial charge on any atom is -0.342 e. The number of amides is 1. The van der Waals surface area contributed by atoms with Gasteiger partial charge in [-0.1, -0.05) is 43.7 Å². The molecule has 21 heavy (non-hydrogen) atoms. The number of benzene rings is 1. The van der Waals surface area contributed by atoms with Gasteiger partial charge in [-0.05, 0) is 30.9 Å². The number of carbonyl (C=O) groups excluding carboxylic acids is 1. The Balaban J connectivity index is 1.96. The van der Waals surface area contributed by atoms with E-state index in [0.717, 1.165) is 39.1 Å². The highest BCUT2D eigenvalue weighted by atomic mass is 16.2. The number of hydrogen-bond acceptors (Lipinski definition) is 2. The molecular weight excluding hydrogens is 260 g/mol. The monoisotopic (exact) mass is 288 g/mol. The molecule has 1 atom stereocenters. The van der Waals surface area contributed by atoms with Crippen molar-refractivity contribution in [1.82, 2.24) is 9.80 Å². The third-order valence-electron chi connectivity index (χ3n) is 4.42. The molecule has 3 nitrogen and oxygen atoms in total. The molecule has 0 N–H and O–H groups in total. The summed E-state index contributed by atoms with van der Waals surface area (Å²) in [7, 11) is 0. The van der Waals surface area contributed by atoms with Crippen molar-refractivity contribution in [3.8, 4) is 0 Å². The largest absolute Gasteiger partial charge is 0.342 e. The Morgan fingerprint density at radius 3 is 2.57 bits per heavy atom. The molecule has 0 unspecified atom stereocenters. The molecule has 1 aromatic rings. The average molecular weight is 288 g/mol. The minimum atomic E-state index is 0.213. The van der Waals surface area contributed by atoms with Gasteiger partial charge in [0.25, 0.3) is 0 Å². The van der Waals surface area contributed by atoms with Crippen molar-refractivity contribution < 1.29 is 4.79 Å². The van der Waals surface area contributed by atoms with Crippen LogP contribution in [0.15, 0.2) is 30.3 Å². The third kappa shape index (κ3) is 4.85. The summed E-state index contributed by atoms with van der Waals surface area (Å²) in [4.78, 5) is 16.0. The van der Waals surface area contributed by atoms with Gasteiger partial charge >= 0.3 is 0 Å². The normalized spacial score (nSPS) is 18.3. The van der Waals surface area contributed by atoms with Crippen molar-refractivity contribution >= 4 is 5.91 Å². The number of hydrogen-bond donors (Lipinski definition) is 0. The van der Waals surface area contributed by atoms with Crippen LogP contribution in [0.4, 0.5) is 0 Å². The van der Waals surface area contributed by atoms with Crippen molar-refractivity contribution in [2.75, 3.05) is 32.7 Å². The predicted molar refractivity (Wildman–Crippen MR) is 87.4 cm³/mol. The lowest BCUT2D eigenvalue weighted by Crippen LogP contribution is -2.35. The van der Waals surface area contributed by atoms with E-state index in [4.69, 9.17) is 0 Å². The van der Waals surface area contributed by atoms with E-state index in [9.17, 15) is 4.79 Å². The van der Waals surface area contributed by atoms with E-state index in [1.54, 1.807) is 6.92 Å². The zero-order valence-corrected chi connectivity index (χ0v) is 13.4. The molecule has 1 saturated heterocycles. The molecule has 1 heterocycles. The molecule has 0 saturated carbocycles. The van der Waals surface area contributed by atoms with Crippen LogP contribution in [0.25, 0.3) is 0 Å². The van der Waals surface area contributed by atoms with Crippen LogP contribution in [0, 0.1) is 0 Å². The van der Waals surface area contributed by atoms with Crippen LogP contribution in [0.2, 0.25) is 0 Å². The van der Waals surface area contributed by atoms with Gasteiger partial charge < -0.3 is 9.80 Å². The Morgan fingerprint density at radius 2 is 1.90 bits per heavy atom. The third-order valence-corrected chi connectivity index (χ3v) is 4.42. The van der Waals surface area contributed by atoms with E-state index in [2.05, 4.69) is 42.2 Å². The molecule has 0 bridgehead atoms. The summed E-state index contributed by atoms with van der Waals surface area (Å²) in [5, 5.41) is 0. The van der Waals surface area contributed by atoms with Gasteiger partial charge in [0.15, 0.2) is 0 Å². The maximum atomic E-state index is 11.5. The fourth-order valence-corrected chi connectivity index (χ4v) is 3.22. The molecule has 1 fully saturated rings. The molecular formula is C18H28N2O. The molecule has 1 amide bonds. The molecule has 0 aliphatic carbocycles. The summed E-state index contributed by atoms with van der Waals surface area (Å²) in [5.41, 5.74) is 1.45. The van der Waals surface area contributed by atoms with Crippen molar-refractivity contribution in [3.63, 3.8) is 0 Å². The Morgan fingerprint density at radius 1 is 1.14 bits per heavy atom. The summed E-state index contributed by atoms with van der Waals surface area (Å²) >= 11 is 0. The molecule has 1 aromatic carbocycles. The summed E-state index contributed by atoms with van der Waals surface area (Å²) in [6.07, 6.45) is 3.54. The first-order chi connectivity index (χ1) is 10.2. The minimum absolute atomic E-state index is 0.213. The van der Waals surface area contributed by atoms with Gasteiger partial charge in [0, 0.05) is 33.1 Å². The van der Waals surface area contributed by atoms with Gasteiger partial charge in [-0.2, -0.15) is 0 Å². The van der Waals surface area contributed by atoms with Crippen molar-refractivity contribution in [1.29, 1.82) is 0 Å². The second-order valence-corrected chi connectivity index (χ2v) is 6.06. The molecule has 0 aromatic heterocycles. The molecule has 116 valence electrons. The fraction of sp³-hybridized carbons (Fsp3) is 0.611. The van der Waals surface area contributed by atoms with Crippen LogP contribution in [0.5, 0.6) is 0 Å². The SMILES string of the molecule is CCC[C@H](CN1CCCN(C(C)=O)CC1)c1ccccc1. The molecule has 1 aliphatic rings. The molecule has 1 aliphatic heterocycles. The maximum absolute atomic E-state index is 11.5. The Labute approximate surface area is 128 Å². The summed E-state index contributed by atoms with van der Waals surface area (Å²) in [6, 6.07) is 10.9. The van der Waals surface area contributed by atoms with Gasteiger partial charge in [0.05, 0.1) is 0 Å². The van der Waals surface area contributed by atoms with Crippen molar-refractivity contribution in [3.05, 3.63) is 35.9 Å². The molecule has 0 spiro atoms. The van der Waals surface area contributed by atoms with E-state index < -0.39 is 0 Å². The van der Waals surface area contributed by atoms with Crippen LogP contribution < -0.4 is 0 Å².